The molecule has 6 nitrogen and oxygen atoms in total. The molecule has 0 radical (unpaired) electrons. The van der Waals surface area contributed by atoms with Crippen LogP contribution < -0.4 is 34.2 Å². The Labute approximate surface area is 188 Å². The number of anilines is 3. The van der Waals surface area contributed by atoms with Gasteiger partial charge in [-0.1, -0.05) is 12.1 Å². The molecule has 0 aliphatic carbocycles. The van der Waals surface area contributed by atoms with Gasteiger partial charge in [-0.05, 0) is 49.9 Å². The Hall–Kier alpha value is -2.00. The number of para-hydroxylation sites is 1. The van der Waals surface area contributed by atoms with Gasteiger partial charge in [0.1, 0.15) is 0 Å². The highest BCUT2D eigenvalue weighted by atomic mass is 127. The molecule has 1 aromatic carbocycles. The highest BCUT2D eigenvalue weighted by Crippen LogP contribution is 2.36. The summed E-state index contributed by atoms with van der Waals surface area (Å²) in [6.07, 6.45) is 7.09. The van der Waals surface area contributed by atoms with Gasteiger partial charge < -0.3 is 33.8 Å². The van der Waals surface area contributed by atoms with Crippen molar-refractivity contribution >= 4 is 29.0 Å². The monoisotopic (exact) mass is 506 g/mol. The predicted molar refractivity (Wildman–Crippen MR) is 110 cm³/mol. The van der Waals surface area contributed by atoms with Gasteiger partial charge in [0.05, 0.1) is 50.0 Å². The van der Waals surface area contributed by atoms with Gasteiger partial charge in [-0.15, -0.1) is 0 Å². The van der Waals surface area contributed by atoms with Gasteiger partial charge >= 0.3 is 0 Å². The van der Waals surface area contributed by atoms with Crippen molar-refractivity contribution in [1.82, 2.24) is 4.98 Å². The SMILES string of the molecule is C[N+]1(CCC(=O)N2c3ccccc3C(=O)Nc3cccnc32)CCCCCC1.[I-]. The highest BCUT2D eigenvalue weighted by molar-refractivity contribution is 6.17. The van der Waals surface area contributed by atoms with E-state index < -0.39 is 0 Å². The number of fused-ring (bicyclic) bond motifs is 2. The van der Waals surface area contributed by atoms with Crippen molar-refractivity contribution in [3.05, 3.63) is 48.2 Å². The Morgan fingerprint density at radius 1 is 1.10 bits per heavy atom. The maximum Gasteiger partial charge on any atom is 0.257 e. The smallest absolute Gasteiger partial charge is 0.257 e. The number of nitrogens with zero attached hydrogens (tertiary/aromatic N) is 3. The standard InChI is InChI=1S/C22H26N4O2.HI/c1-26(14-6-2-3-7-15-26)16-12-20(27)25-19-11-5-4-9-17(19)22(28)24-18-10-8-13-23-21(18)25;/h4-5,8-11,13H,2-3,6-7,12,14-16H2,1H3;1H. The Balaban J connectivity index is 0.00000240. The molecule has 2 aliphatic heterocycles. The number of quaternary nitrogens is 1. The van der Waals surface area contributed by atoms with E-state index in [2.05, 4.69) is 17.3 Å². The average Bonchev–Trinajstić information content (AvgIpc) is 2.99. The lowest BCUT2D eigenvalue weighted by atomic mass is 10.1. The van der Waals surface area contributed by atoms with Crippen LogP contribution in [0.25, 0.3) is 0 Å². The first-order chi connectivity index (χ1) is 13.6. The fourth-order valence-electron chi connectivity index (χ4n) is 4.24. The largest absolute Gasteiger partial charge is 1.00 e. The summed E-state index contributed by atoms with van der Waals surface area (Å²) in [5.41, 5.74) is 1.65. The molecule has 1 aromatic heterocycles. The van der Waals surface area contributed by atoms with Crippen LogP contribution in [0.4, 0.5) is 17.2 Å². The summed E-state index contributed by atoms with van der Waals surface area (Å²) in [6.45, 7) is 3.05. The van der Waals surface area contributed by atoms with E-state index in [1.807, 2.05) is 18.2 Å². The number of hydrogen-bond acceptors (Lipinski definition) is 3. The van der Waals surface area contributed by atoms with Crippen LogP contribution in [-0.2, 0) is 4.79 Å². The normalized spacial score (nSPS) is 17.7. The third-order valence-corrected chi connectivity index (χ3v) is 5.90. The maximum absolute atomic E-state index is 13.4. The van der Waals surface area contributed by atoms with E-state index in [-0.39, 0.29) is 35.8 Å². The molecular formula is C22H27IN4O2. The van der Waals surface area contributed by atoms with E-state index in [0.29, 0.717) is 29.2 Å². The van der Waals surface area contributed by atoms with Gasteiger partial charge in [-0.2, -0.15) is 0 Å². The third kappa shape index (κ3) is 4.61. The molecule has 4 rings (SSSR count). The zero-order chi connectivity index (χ0) is 19.6. The quantitative estimate of drug-likeness (QED) is 0.494. The van der Waals surface area contributed by atoms with E-state index in [1.54, 1.807) is 29.3 Å². The van der Waals surface area contributed by atoms with E-state index in [9.17, 15) is 9.59 Å². The second kappa shape index (κ2) is 9.21. The number of nitrogens with one attached hydrogen (secondary N) is 1. The van der Waals surface area contributed by atoms with Crippen LogP contribution in [0.15, 0.2) is 42.6 Å². The molecular weight excluding hydrogens is 479 g/mol. The average molecular weight is 506 g/mol. The molecule has 29 heavy (non-hydrogen) atoms. The van der Waals surface area contributed by atoms with Crippen LogP contribution in [0.2, 0.25) is 0 Å². The molecule has 1 fully saturated rings. The van der Waals surface area contributed by atoms with E-state index in [0.717, 1.165) is 24.1 Å². The number of carbonyl (C=O) groups is 2. The molecule has 1 saturated heterocycles. The molecule has 0 unspecified atom stereocenters. The van der Waals surface area contributed by atoms with Gasteiger partial charge in [0, 0.05) is 6.20 Å². The minimum absolute atomic E-state index is 0. The number of rotatable bonds is 3. The van der Waals surface area contributed by atoms with Gasteiger partial charge in [0.2, 0.25) is 5.91 Å². The zero-order valence-corrected chi connectivity index (χ0v) is 18.9. The summed E-state index contributed by atoms with van der Waals surface area (Å²) in [5.74, 6) is 0.253. The van der Waals surface area contributed by atoms with Crippen molar-refractivity contribution in [3.63, 3.8) is 0 Å². The number of amides is 2. The number of hydrogen-bond donors (Lipinski definition) is 1. The highest BCUT2D eigenvalue weighted by Gasteiger charge is 2.32. The number of carbonyl (C=O) groups excluding carboxylic acids is 2. The van der Waals surface area contributed by atoms with Crippen LogP contribution >= 0.6 is 0 Å². The summed E-state index contributed by atoms with van der Waals surface area (Å²) >= 11 is 0. The second-order valence-electron chi connectivity index (χ2n) is 8.03. The summed E-state index contributed by atoms with van der Waals surface area (Å²) < 4.78 is 0.938. The minimum Gasteiger partial charge on any atom is -1.00 e. The van der Waals surface area contributed by atoms with Crippen LogP contribution in [0.1, 0.15) is 42.5 Å². The van der Waals surface area contributed by atoms with E-state index >= 15 is 0 Å². The van der Waals surface area contributed by atoms with Crippen molar-refractivity contribution in [2.75, 3.05) is 36.9 Å². The Kier molecular flexibility index (Phi) is 6.89. The van der Waals surface area contributed by atoms with Crippen LogP contribution in [0.5, 0.6) is 0 Å². The fraction of sp³-hybridized carbons (Fsp3) is 0.409. The van der Waals surface area contributed by atoms with Gasteiger partial charge in [-0.3, -0.25) is 14.5 Å². The topological polar surface area (TPSA) is 62.3 Å². The number of benzene rings is 1. The first kappa shape index (κ1) is 21.7. The summed E-state index contributed by atoms with van der Waals surface area (Å²) in [5, 5.41) is 2.89. The minimum atomic E-state index is -0.216. The second-order valence-corrected chi connectivity index (χ2v) is 8.03. The lowest BCUT2D eigenvalue weighted by Gasteiger charge is -2.34. The summed E-state index contributed by atoms with van der Waals surface area (Å²) in [6, 6.07) is 10.8. The van der Waals surface area contributed by atoms with Gasteiger partial charge in [-0.25, -0.2) is 4.98 Å². The Bertz CT molecular complexity index is 894. The molecule has 2 aromatic rings. The lowest BCUT2D eigenvalue weighted by molar-refractivity contribution is -0.908. The summed E-state index contributed by atoms with van der Waals surface area (Å²) in [7, 11) is 2.26. The van der Waals surface area contributed by atoms with Crippen molar-refractivity contribution < 1.29 is 38.0 Å². The fourth-order valence-corrected chi connectivity index (χ4v) is 4.24. The Morgan fingerprint density at radius 2 is 1.83 bits per heavy atom. The van der Waals surface area contributed by atoms with Gasteiger partial charge in [0.15, 0.2) is 5.82 Å². The molecule has 2 aliphatic rings. The van der Waals surface area contributed by atoms with E-state index in [4.69, 9.17) is 0 Å². The molecule has 1 N–H and O–H groups in total. The van der Waals surface area contributed by atoms with Crippen molar-refractivity contribution in [2.45, 2.75) is 32.1 Å². The number of halogens is 1. The van der Waals surface area contributed by atoms with Crippen molar-refractivity contribution in [2.24, 2.45) is 0 Å². The maximum atomic E-state index is 13.4. The van der Waals surface area contributed by atoms with Gasteiger partial charge in [0.25, 0.3) is 5.91 Å². The first-order valence-corrected chi connectivity index (χ1v) is 10.1. The van der Waals surface area contributed by atoms with Crippen LogP contribution in [-0.4, -0.2) is 48.0 Å². The molecule has 0 spiro atoms. The number of pyridine rings is 1. The molecule has 154 valence electrons. The van der Waals surface area contributed by atoms with Crippen molar-refractivity contribution in [3.8, 4) is 0 Å². The summed E-state index contributed by atoms with van der Waals surface area (Å²) in [4.78, 5) is 32.1. The third-order valence-electron chi connectivity index (χ3n) is 5.90. The molecule has 7 heteroatoms. The Morgan fingerprint density at radius 3 is 2.59 bits per heavy atom. The number of aromatic nitrogens is 1. The molecule has 0 saturated carbocycles. The van der Waals surface area contributed by atoms with Crippen molar-refractivity contribution in [1.29, 1.82) is 0 Å². The molecule has 2 amide bonds. The van der Waals surface area contributed by atoms with Crippen LogP contribution in [0, 0.1) is 0 Å². The lowest BCUT2D eigenvalue weighted by Crippen LogP contribution is -3.00. The molecule has 0 atom stereocenters. The number of likely N-dealkylation sites (tertiary alicyclic amines) is 1. The molecule has 0 bridgehead atoms. The first-order valence-electron chi connectivity index (χ1n) is 10.1. The zero-order valence-electron chi connectivity index (χ0n) is 16.7. The van der Waals surface area contributed by atoms with Crippen LogP contribution in [0.3, 0.4) is 0 Å². The van der Waals surface area contributed by atoms with E-state index in [1.165, 1.54) is 25.7 Å². The molecule has 3 heterocycles. The predicted octanol–water partition coefficient (Wildman–Crippen LogP) is 0.727.